The highest BCUT2D eigenvalue weighted by molar-refractivity contribution is 8.26. The normalized spacial score (nSPS) is 14.6. The van der Waals surface area contributed by atoms with Gasteiger partial charge in [-0.25, -0.2) is 0 Å². The van der Waals surface area contributed by atoms with Crippen molar-refractivity contribution in [3.8, 4) is 11.9 Å². The van der Waals surface area contributed by atoms with Gasteiger partial charge in [0, 0.05) is 31.1 Å². The minimum Gasteiger partial charge on any atom is -0.494 e. The van der Waals surface area contributed by atoms with E-state index in [1.807, 2.05) is 19.9 Å². The average molecular weight is 560 g/mol. The molecule has 0 radical (unpaired) electrons. The van der Waals surface area contributed by atoms with Crippen molar-refractivity contribution in [3.63, 3.8) is 0 Å². The van der Waals surface area contributed by atoms with Gasteiger partial charge >= 0.3 is 0 Å². The molecule has 2 heterocycles. The van der Waals surface area contributed by atoms with Crippen molar-refractivity contribution in [2.45, 2.75) is 46.3 Å². The number of carbonyl (C=O) groups is 2. The molecule has 1 fully saturated rings. The SMILES string of the molecule is Cc1c(C(=O)CCN2C(=O)/C(=C/c3ccc(Cl)cc3)SC2=S)c(O)n(CCCOC(C)C)c(=O)c1C#N. The van der Waals surface area contributed by atoms with E-state index in [0.717, 1.165) is 21.9 Å². The van der Waals surface area contributed by atoms with Gasteiger partial charge in [0.2, 0.25) is 5.88 Å². The number of ether oxygens (including phenoxy) is 1. The molecule has 1 aromatic carbocycles. The number of aromatic hydroxyl groups is 1. The second kappa shape index (κ2) is 12.5. The molecule has 1 N–H and O–H groups in total. The maximum absolute atomic E-state index is 13.2. The fourth-order valence-corrected chi connectivity index (χ4v) is 5.21. The van der Waals surface area contributed by atoms with Gasteiger partial charge < -0.3 is 9.84 Å². The Morgan fingerprint density at radius 1 is 1.27 bits per heavy atom. The molecule has 0 atom stereocenters. The first kappa shape index (κ1) is 28.6. The lowest BCUT2D eigenvalue weighted by atomic mass is 9.99. The fourth-order valence-electron chi connectivity index (χ4n) is 3.78. The van der Waals surface area contributed by atoms with Gasteiger partial charge in [-0.3, -0.25) is 23.9 Å². The molecule has 37 heavy (non-hydrogen) atoms. The Kier molecular flexibility index (Phi) is 9.68. The van der Waals surface area contributed by atoms with Crippen LogP contribution in [0.5, 0.6) is 5.88 Å². The molecule has 2 aromatic rings. The van der Waals surface area contributed by atoms with Gasteiger partial charge in [0.1, 0.15) is 16.0 Å². The maximum Gasteiger partial charge on any atom is 0.271 e. The number of thioether (sulfide) groups is 1. The van der Waals surface area contributed by atoms with Gasteiger partial charge in [-0.2, -0.15) is 5.26 Å². The van der Waals surface area contributed by atoms with E-state index in [-0.39, 0.29) is 48.2 Å². The number of thiocarbonyl (C=S) groups is 1. The first-order chi connectivity index (χ1) is 17.5. The van der Waals surface area contributed by atoms with Crippen LogP contribution < -0.4 is 5.56 Å². The number of nitrogens with zero attached hydrogens (tertiary/aromatic N) is 3. The third kappa shape index (κ3) is 6.67. The molecule has 0 saturated carbocycles. The number of ketones is 1. The van der Waals surface area contributed by atoms with Crippen LogP contribution in [0.4, 0.5) is 0 Å². The number of hydrogen-bond donors (Lipinski definition) is 1. The molecule has 3 rings (SSSR count). The molecular weight excluding hydrogens is 534 g/mol. The highest BCUT2D eigenvalue weighted by Crippen LogP contribution is 2.33. The van der Waals surface area contributed by atoms with Crippen LogP contribution in [0.25, 0.3) is 6.08 Å². The van der Waals surface area contributed by atoms with Crippen LogP contribution >= 0.6 is 35.6 Å². The summed E-state index contributed by atoms with van der Waals surface area (Å²) in [7, 11) is 0. The number of benzene rings is 1. The van der Waals surface area contributed by atoms with Gasteiger partial charge in [0.05, 0.1) is 16.6 Å². The molecule has 0 aliphatic carbocycles. The molecule has 8 nitrogen and oxygen atoms in total. The Bertz CT molecular complexity index is 1360. The van der Waals surface area contributed by atoms with Crippen LogP contribution in [0, 0.1) is 18.3 Å². The molecule has 0 spiro atoms. The van der Waals surface area contributed by atoms with Gasteiger partial charge in [-0.15, -0.1) is 0 Å². The van der Waals surface area contributed by atoms with Crippen molar-refractivity contribution < 1.29 is 19.4 Å². The molecular formula is C26H26ClN3O5S2. The summed E-state index contributed by atoms with van der Waals surface area (Å²) in [5.41, 5.74) is -0.0855. The Balaban J connectivity index is 1.79. The monoisotopic (exact) mass is 559 g/mol. The van der Waals surface area contributed by atoms with Crippen molar-refractivity contribution in [1.29, 1.82) is 5.26 Å². The number of carbonyl (C=O) groups excluding carboxylic acids is 2. The molecule has 0 unspecified atom stereocenters. The summed E-state index contributed by atoms with van der Waals surface area (Å²) in [4.78, 5) is 40.6. The van der Waals surface area contributed by atoms with Crippen LogP contribution in [-0.4, -0.2) is 49.8 Å². The quantitative estimate of drug-likeness (QED) is 0.193. The third-order valence-electron chi connectivity index (χ3n) is 5.66. The summed E-state index contributed by atoms with van der Waals surface area (Å²) < 4.78 is 6.81. The van der Waals surface area contributed by atoms with E-state index in [9.17, 15) is 24.8 Å². The Morgan fingerprint density at radius 3 is 2.57 bits per heavy atom. The predicted octanol–water partition coefficient (Wildman–Crippen LogP) is 4.68. The number of pyridine rings is 1. The largest absolute Gasteiger partial charge is 0.494 e. The Hall–Kier alpha value is -2.97. The summed E-state index contributed by atoms with van der Waals surface area (Å²) in [6, 6.07) is 8.84. The highest BCUT2D eigenvalue weighted by Gasteiger charge is 2.33. The zero-order chi connectivity index (χ0) is 27.3. The van der Waals surface area contributed by atoms with Gasteiger partial charge in [0.15, 0.2) is 5.78 Å². The zero-order valence-electron chi connectivity index (χ0n) is 20.6. The number of amides is 1. The minimum absolute atomic E-state index is 0.00855. The lowest BCUT2D eigenvalue weighted by Crippen LogP contribution is -2.31. The second-order valence-corrected chi connectivity index (χ2v) is 10.7. The molecule has 1 aliphatic rings. The Labute approximate surface area is 229 Å². The third-order valence-corrected chi connectivity index (χ3v) is 7.29. The summed E-state index contributed by atoms with van der Waals surface area (Å²) >= 11 is 12.4. The van der Waals surface area contributed by atoms with E-state index in [2.05, 4.69) is 0 Å². The van der Waals surface area contributed by atoms with E-state index >= 15 is 0 Å². The molecule has 1 aliphatic heterocycles. The summed E-state index contributed by atoms with van der Waals surface area (Å²) in [5, 5.41) is 20.9. The van der Waals surface area contributed by atoms with Gasteiger partial charge in [0.25, 0.3) is 11.5 Å². The van der Waals surface area contributed by atoms with E-state index in [4.69, 9.17) is 28.6 Å². The average Bonchev–Trinajstić information content (AvgIpc) is 3.10. The smallest absolute Gasteiger partial charge is 0.271 e. The number of hydrogen-bond acceptors (Lipinski definition) is 8. The van der Waals surface area contributed by atoms with Gasteiger partial charge in [-0.1, -0.05) is 47.7 Å². The minimum atomic E-state index is -0.664. The first-order valence-electron chi connectivity index (χ1n) is 11.6. The lowest BCUT2D eigenvalue weighted by Gasteiger charge is -2.17. The molecule has 1 aromatic heterocycles. The standard InChI is InChI=1S/C26H26ClN3O5S2/c1-15(2)35-12-4-10-29-23(32)19(14-28)16(3)22(25(29)34)20(31)9-11-30-24(33)21(37-26(30)36)13-17-5-7-18(27)8-6-17/h5-8,13,15,34H,4,9-12H2,1-3H3/b21-13-. The summed E-state index contributed by atoms with van der Waals surface area (Å²) in [6.45, 7) is 5.63. The molecule has 11 heteroatoms. The summed E-state index contributed by atoms with van der Waals surface area (Å²) in [6.07, 6.45) is 1.96. The van der Waals surface area contributed by atoms with Crippen LogP contribution in [0.15, 0.2) is 34.0 Å². The van der Waals surface area contributed by atoms with E-state index < -0.39 is 17.2 Å². The van der Waals surface area contributed by atoms with E-state index in [0.29, 0.717) is 27.3 Å². The fraction of sp³-hybridized carbons (Fsp3) is 0.346. The predicted molar refractivity (Wildman–Crippen MR) is 148 cm³/mol. The van der Waals surface area contributed by atoms with Crippen molar-refractivity contribution in [2.24, 2.45) is 0 Å². The van der Waals surface area contributed by atoms with Crippen LogP contribution in [0.3, 0.4) is 0 Å². The number of aromatic nitrogens is 1. The maximum atomic E-state index is 13.2. The second-order valence-electron chi connectivity index (χ2n) is 8.60. The number of rotatable bonds is 10. The lowest BCUT2D eigenvalue weighted by molar-refractivity contribution is -0.122. The zero-order valence-corrected chi connectivity index (χ0v) is 23.0. The van der Waals surface area contributed by atoms with Crippen molar-refractivity contribution >= 4 is 57.7 Å². The number of halogens is 1. The summed E-state index contributed by atoms with van der Waals surface area (Å²) in [5.74, 6) is -1.33. The Morgan fingerprint density at radius 2 is 1.95 bits per heavy atom. The van der Waals surface area contributed by atoms with Crippen molar-refractivity contribution in [1.82, 2.24) is 9.47 Å². The van der Waals surface area contributed by atoms with Crippen LogP contribution in [0.1, 0.15) is 53.7 Å². The molecule has 194 valence electrons. The first-order valence-corrected chi connectivity index (χ1v) is 13.2. The van der Waals surface area contributed by atoms with Crippen molar-refractivity contribution in [2.75, 3.05) is 13.2 Å². The molecule has 0 bridgehead atoms. The number of nitriles is 1. The highest BCUT2D eigenvalue weighted by atomic mass is 35.5. The molecule has 1 amide bonds. The van der Waals surface area contributed by atoms with Crippen LogP contribution in [-0.2, 0) is 16.1 Å². The van der Waals surface area contributed by atoms with E-state index in [1.165, 1.54) is 11.8 Å². The van der Waals surface area contributed by atoms with Crippen molar-refractivity contribution in [3.05, 3.63) is 66.8 Å². The van der Waals surface area contributed by atoms with E-state index in [1.54, 1.807) is 30.3 Å². The molecule has 1 saturated heterocycles. The van der Waals surface area contributed by atoms with Gasteiger partial charge in [-0.05, 0) is 56.5 Å². The topological polar surface area (TPSA) is 113 Å². The number of Topliss-reactive ketones (excluding diaryl/α,β-unsaturated/α-hetero) is 1. The van der Waals surface area contributed by atoms with Crippen LogP contribution in [0.2, 0.25) is 5.02 Å².